The van der Waals surface area contributed by atoms with Crippen molar-refractivity contribution in [3.05, 3.63) is 126 Å². The van der Waals surface area contributed by atoms with Gasteiger partial charge in [-0.15, -0.1) is 0 Å². The van der Waals surface area contributed by atoms with Gasteiger partial charge in [-0.2, -0.15) is 0 Å². The van der Waals surface area contributed by atoms with Gasteiger partial charge in [0, 0.05) is 5.56 Å². The molecule has 34 heavy (non-hydrogen) atoms. The molecule has 0 unspecified atom stereocenters. The fraction of sp³-hybridized carbons (Fsp3) is 0.0645. The standard InChI is InChI=1S/C31H24O3/c1-20-4-6-26-18-23(8-9-24(26)16-20)22(3)33-29-12-14-30(15-13-29)34-31(32)28-11-10-25-17-21(2)5-7-27(25)19-28/h4-19H,3H2,1-2H3. The molecule has 5 rings (SSSR count). The van der Waals surface area contributed by atoms with E-state index in [2.05, 4.69) is 49.9 Å². The van der Waals surface area contributed by atoms with Crippen LogP contribution in [0.15, 0.2) is 104 Å². The van der Waals surface area contributed by atoms with Crippen molar-refractivity contribution in [1.82, 2.24) is 0 Å². The Kier molecular flexibility index (Phi) is 5.60. The van der Waals surface area contributed by atoms with Crippen LogP contribution in [-0.2, 0) is 0 Å². The Balaban J connectivity index is 1.26. The number of benzene rings is 5. The normalized spacial score (nSPS) is 10.9. The number of fused-ring (bicyclic) bond motifs is 2. The molecule has 0 bridgehead atoms. The molecule has 0 atom stereocenters. The molecule has 0 aliphatic rings. The summed E-state index contributed by atoms with van der Waals surface area (Å²) in [4.78, 5) is 12.6. The highest BCUT2D eigenvalue weighted by Gasteiger charge is 2.10. The SMILES string of the molecule is C=C(Oc1ccc(OC(=O)c2ccc3cc(C)ccc3c2)cc1)c1ccc2cc(C)ccc2c1. The maximum atomic E-state index is 12.6. The number of rotatable bonds is 5. The van der Waals surface area contributed by atoms with Gasteiger partial charge in [0.2, 0.25) is 0 Å². The zero-order valence-corrected chi connectivity index (χ0v) is 19.2. The van der Waals surface area contributed by atoms with Gasteiger partial charge >= 0.3 is 5.97 Å². The Labute approximate surface area is 198 Å². The first-order valence-electron chi connectivity index (χ1n) is 11.1. The fourth-order valence-electron chi connectivity index (χ4n) is 3.97. The second-order valence-corrected chi connectivity index (χ2v) is 8.52. The van der Waals surface area contributed by atoms with E-state index >= 15 is 0 Å². The monoisotopic (exact) mass is 444 g/mol. The molecule has 0 N–H and O–H groups in total. The average molecular weight is 445 g/mol. The van der Waals surface area contributed by atoms with Crippen LogP contribution in [0.5, 0.6) is 11.5 Å². The zero-order chi connectivity index (χ0) is 23.7. The zero-order valence-electron chi connectivity index (χ0n) is 19.2. The van der Waals surface area contributed by atoms with Crippen molar-refractivity contribution in [2.45, 2.75) is 13.8 Å². The first-order valence-corrected chi connectivity index (χ1v) is 11.1. The summed E-state index contributed by atoms with van der Waals surface area (Å²) in [7, 11) is 0. The summed E-state index contributed by atoms with van der Waals surface area (Å²) in [5, 5.41) is 4.43. The Morgan fingerprint density at radius 3 is 1.59 bits per heavy atom. The molecule has 0 radical (unpaired) electrons. The number of aryl methyl sites for hydroxylation is 2. The van der Waals surface area contributed by atoms with Crippen LogP contribution in [0.4, 0.5) is 0 Å². The molecule has 0 amide bonds. The van der Waals surface area contributed by atoms with Crippen LogP contribution in [0.3, 0.4) is 0 Å². The van der Waals surface area contributed by atoms with E-state index in [4.69, 9.17) is 9.47 Å². The van der Waals surface area contributed by atoms with Crippen LogP contribution in [0.1, 0.15) is 27.0 Å². The average Bonchev–Trinajstić information content (AvgIpc) is 2.84. The first-order chi connectivity index (χ1) is 16.4. The Morgan fingerprint density at radius 1 is 0.559 bits per heavy atom. The van der Waals surface area contributed by atoms with Crippen molar-refractivity contribution in [3.63, 3.8) is 0 Å². The lowest BCUT2D eigenvalue weighted by molar-refractivity contribution is 0.0735. The van der Waals surface area contributed by atoms with Crippen molar-refractivity contribution < 1.29 is 14.3 Å². The van der Waals surface area contributed by atoms with Gasteiger partial charge in [0.05, 0.1) is 5.56 Å². The maximum Gasteiger partial charge on any atom is 0.343 e. The highest BCUT2D eigenvalue weighted by atomic mass is 16.5. The first kappa shape index (κ1) is 21.5. The second-order valence-electron chi connectivity index (χ2n) is 8.52. The molecule has 0 heterocycles. The predicted octanol–water partition coefficient (Wildman–Crippen LogP) is 7.88. The number of hydrogen-bond donors (Lipinski definition) is 0. The minimum atomic E-state index is -0.396. The molecule has 0 saturated heterocycles. The molecule has 0 aliphatic heterocycles. The third-order valence-corrected chi connectivity index (χ3v) is 5.82. The fourth-order valence-corrected chi connectivity index (χ4v) is 3.97. The van der Waals surface area contributed by atoms with Gasteiger partial charge in [-0.1, -0.05) is 72.3 Å². The molecule has 5 aromatic rings. The molecule has 3 heteroatoms. The highest BCUT2D eigenvalue weighted by molar-refractivity contribution is 5.96. The molecular weight excluding hydrogens is 420 g/mol. The molecule has 0 saturated carbocycles. The molecule has 166 valence electrons. The second kappa shape index (κ2) is 8.87. The number of ether oxygens (including phenoxy) is 2. The smallest absolute Gasteiger partial charge is 0.343 e. The van der Waals surface area contributed by atoms with Crippen LogP contribution in [0.25, 0.3) is 27.3 Å². The van der Waals surface area contributed by atoms with Crippen LogP contribution in [-0.4, -0.2) is 5.97 Å². The Hall–Kier alpha value is -4.37. The molecule has 0 fully saturated rings. The van der Waals surface area contributed by atoms with E-state index in [0.29, 0.717) is 22.8 Å². The summed E-state index contributed by atoms with van der Waals surface area (Å²) in [6.07, 6.45) is 0. The summed E-state index contributed by atoms with van der Waals surface area (Å²) in [5.41, 5.74) is 3.84. The van der Waals surface area contributed by atoms with Crippen molar-refractivity contribution in [1.29, 1.82) is 0 Å². The number of carbonyl (C=O) groups excluding carboxylic acids is 1. The molecule has 0 spiro atoms. The summed E-state index contributed by atoms with van der Waals surface area (Å²) in [6, 6.07) is 31.2. The topological polar surface area (TPSA) is 35.5 Å². The molecule has 3 nitrogen and oxygen atoms in total. The van der Waals surface area contributed by atoms with Crippen molar-refractivity contribution in [2.75, 3.05) is 0 Å². The van der Waals surface area contributed by atoms with Crippen LogP contribution >= 0.6 is 0 Å². The van der Waals surface area contributed by atoms with Crippen molar-refractivity contribution in [3.8, 4) is 11.5 Å². The quantitative estimate of drug-likeness (QED) is 0.157. The number of esters is 1. The van der Waals surface area contributed by atoms with E-state index in [1.165, 1.54) is 16.5 Å². The maximum absolute atomic E-state index is 12.6. The van der Waals surface area contributed by atoms with E-state index in [9.17, 15) is 4.79 Å². The third kappa shape index (κ3) is 4.55. The van der Waals surface area contributed by atoms with E-state index in [1.807, 2.05) is 37.3 Å². The summed E-state index contributed by atoms with van der Waals surface area (Å²) < 4.78 is 11.5. The minimum absolute atomic E-state index is 0.396. The molecule has 5 aromatic carbocycles. The summed E-state index contributed by atoms with van der Waals surface area (Å²) in [6.45, 7) is 8.21. The van der Waals surface area contributed by atoms with Gasteiger partial charge < -0.3 is 9.47 Å². The Bertz CT molecular complexity index is 1430. The molecule has 0 aromatic heterocycles. The lowest BCUT2D eigenvalue weighted by atomic mass is 10.0. The van der Waals surface area contributed by atoms with Gasteiger partial charge in [-0.3, -0.25) is 0 Å². The molecule has 0 aliphatic carbocycles. The molecular formula is C31H24O3. The number of hydrogen-bond acceptors (Lipinski definition) is 3. The minimum Gasteiger partial charge on any atom is -0.457 e. The van der Waals surface area contributed by atoms with Gasteiger partial charge in [-0.25, -0.2) is 4.79 Å². The largest absolute Gasteiger partial charge is 0.457 e. The lowest BCUT2D eigenvalue weighted by Crippen LogP contribution is -2.08. The van der Waals surface area contributed by atoms with Crippen LogP contribution < -0.4 is 9.47 Å². The van der Waals surface area contributed by atoms with Gasteiger partial charge in [0.1, 0.15) is 17.3 Å². The van der Waals surface area contributed by atoms with E-state index in [1.54, 1.807) is 30.3 Å². The van der Waals surface area contributed by atoms with E-state index in [-0.39, 0.29) is 0 Å². The van der Waals surface area contributed by atoms with Gasteiger partial charge in [0.15, 0.2) is 0 Å². The van der Waals surface area contributed by atoms with Gasteiger partial charge in [0.25, 0.3) is 0 Å². The predicted molar refractivity (Wildman–Crippen MR) is 138 cm³/mol. The Morgan fingerprint density at radius 2 is 1.00 bits per heavy atom. The van der Waals surface area contributed by atoms with Crippen molar-refractivity contribution in [2.24, 2.45) is 0 Å². The van der Waals surface area contributed by atoms with E-state index in [0.717, 1.165) is 21.7 Å². The summed E-state index contributed by atoms with van der Waals surface area (Å²) >= 11 is 0. The van der Waals surface area contributed by atoms with Crippen LogP contribution in [0, 0.1) is 13.8 Å². The van der Waals surface area contributed by atoms with E-state index < -0.39 is 5.97 Å². The van der Waals surface area contributed by atoms with Crippen LogP contribution in [0.2, 0.25) is 0 Å². The highest BCUT2D eigenvalue weighted by Crippen LogP contribution is 2.26. The number of carbonyl (C=O) groups is 1. The van der Waals surface area contributed by atoms with Gasteiger partial charge in [-0.05, 0) is 77.9 Å². The third-order valence-electron chi connectivity index (χ3n) is 5.82. The summed E-state index contributed by atoms with van der Waals surface area (Å²) in [5.74, 6) is 1.23. The van der Waals surface area contributed by atoms with Crippen molar-refractivity contribution >= 4 is 33.3 Å². The lowest BCUT2D eigenvalue weighted by Gasteiger charge is -2.11.